The molecule has 100 valence electrons. The maximum Gasteiger partial charge on any atom is 0.337 e. The number of thiol groups is 1. The number of carbonyl (C=O) groups is 1. The van der Waals surface area contributed by atoms with Crippen molar-refractivity contribution < 1.29 is 4.79 Å². The zero-order chi connectivity index (χ0) is 14.0. The van der Waals surface area contributed by atoms with E-state index < -0.39 is 6.03 Å². The van der Waals surface area contributed by atoms with Crippen LogP contribution in [0.1, 0.15) is 5.56 Å². The average molecular weight is 297 g/mol. The lowest BCUT2D eigenvalue weighted by atomic mass is 10.2. The monoisotopic (exact) mass is 296 g/mol. The Morgan fingerprint density at radius 3 is 2.84 bits per heavy atom. The molecule has 2 rings (SSSR count). The number of urea groups is 1. The van der Waals surface area contributed by atoms with Gasteiger partial charge in [0.15, 0.2) is 5.82 Å². The number of benzene rings is 1. The summed E-state index contributed by atoms with van der Waals surface area (Å²) in [5, 5.41) is 7.25. The number of hydrogen-bond acceptors (Lipinski definition) is 3. The van der Waals surface area contributed by atoms with Crippen molar-refractivity contribution in [1.82, 2.24) is 9.78 Å². The fraction of sp³-hybridized carbons (Fsp3) is 0.167. The second-order valence-electron chi connectivity index (χ2n) is 4.05. The molecule has 0 aliphatic rings. The first-order chi connectivity index (χ1) is 8.97. The second-order valence-corrected chi connectivity index (χ2v) is 4.88. The van der Waals surface area contributed by atoms with Gasteiger partial charge in [0.25, 0.3) is 0 Å². The summed E-state index contributed by atoms with van der Waals surface area (Å²) in [6.45, 7) is 1.88. The molecule has 1 aromatic carbocycles. The number of nitrogens with one attached hydrogen (secondary N) is 1. The lowest BCUT2D eigenvalue weighted by Crippen LogP contribution is -2.27. The third-order valence-corrected chi connectivity index (χ3v) is 3.17. The van der Waals surface area contributed by atoms with Crippen molar-refractivity contribution in [3.63, 3.8) is 0 Å². The molecule has 1 heterocycles. The van der Waals surface area contributed by atoms with Crippen LogP contribution >= 0.6 is 24.4 Å². The van der Waals surface area contributed by atoms with Crippen LogP contribution in [0.3, 0.4) is 0 Å². The van der Waals surface area contributed by atoms with Gasteiger partial charge in [0.05, 0.1) is 5.69 Å². The van der Waals surface area contributed by atoms with Crippen LogP contribution in [0.25, 0.3) is 0 Å². The minimum absolute atomic E-state index is 0.396. The molecule has 0 atom stereocenters. The Morgan fingerprint density at radius 2 is 2.21 bits per heavy atom. The number of aromatic nitrogens is 2. The molecule has 2 aromatic rings. The first-order valence-corrected chi connectivity index (χ1v) is 6.31. The van der Waals surface area contributed by atoms with Crippen molar-refractivity contribution in [2.24, 2.45) is 7.05 Å². The predicted octanol–water partition coefficient (Wildman–Crippen LogP) is 3.27. The van der Waals surface area contributed by atoms with Crippen LogP contribution in [0.2, 0.25) is 5.02 Å². The van der Waals surface area contributed by atoms with E-state index in [1.807, 2.05) is 13.0 Å². The van der Waals surface area contributed by atoms with Gasteiger partial charge in [-0.1, -0.05) is 30.5 Å². The van der Waals surface area contributed by atoms with E-state index in [0.29, 0.717) is 16.5 Å². The fourth-order valence-electron chi connectivity index (χ4n) is 1.56. The highest BCUT2D eigenvalue weighted by molar-refractivity contribution is 7.82. The van der Waals surface area contributed by atoms with Gasteiger partial charge in [0, 0.05) is 24.3 Å². The molecule has 0 spiro atoms. The predicted molar refractivity (Wildman–Crippen MR) is 79.9 cm³/mol. The SMILES string of the molecule is Cc1ccc(Cl)cc1N(S)C(=O)Nc1ccn(C)n1. The number of aryl methyl sites for hydroxylation is 2. The summed E-state index contributed by atoms with van der Waals surface area (Å²) in [5.74, 6) is 0.464. The van der Waals surface area contributed by atoms with Gasteiger partial charge in [0.1, 0.15) is 0 Å². The van der Waals surface area contributed by atoms with Crippen LogP contribution in [0.15, 0.2) is 30.5 Å². The van der Waals surface area contributed by atoms with Gasteiger partial charge in [0.2, 0.25) is 0 Å². The highest BCUT2D eigenvalue weighted by Gasteiger charge is 2.15. The summed E-state index contributed by atoms with van der Waals surface area (Å²) in [6, 6.07) is 6.58. The summed E-state index contributed by atoms with van der Waals surface area (Å²) in [7, 11) is 1.77. The summed E-state index contributed by atoms with van der Waals surface area (Å²) < 4.78 is 2.80. The molecule has 0 saturated heterocycles. The molecular formula is C12H13ClN4OS. The van der Waals surface area contributed by atoms with Gasteiger partial charge < -0.3 is 0 Å². The molecule has 0 fully saturated rings. The van der Waals surface area contributed by atoms with Crippen LogP contribution in [0.5, 0.6) is 0 Å². The molecule has 0 bridgehead atoms. The minimum atomic E-state index is -0.396. The quantitative estimate of drug-likeness (QED) is 0.836. The van der Waals surface area contributed by atoms with Gasteiger partial charge in [-0.25, -0.2) is 9.10 Å². The zero-order valence-corrected chi connectivity index (χ0v) is 12.1. The average Bonchev–Trinajstić information content (AvgIpc) is 2.77. The van der Waals surface area contributed by atoms with E-state index in [-0.39, 0.29) is 0 Å². The summed E-state index contributed by atoms with van der Waals surface area (Å²) >= 11 is 10.1. The third-order valence-electron chi connectivity index (χ3n) is 2.54. The molecule has 0 radical (unpaired) electrons. The largest absolute Gasteiger partial charge is 0.337 e. The molecule has 19 heavy (non-hydrogen) atoms. The Bertz CT molecular complexity index is 614. The number of halogens is 1. The van der Waals surface area contributed by atoms with E-state index in [9.17, 15) is 4.79 Å². The fourth-order valence-corrected chi connectivity index (χ4v) is 2.00. The molecule has 1 aromatic heterocycles. The summed E-state index contributed by atoms with van der Waals surface area (Å²) in [5.41, 5.74) is 1.53. The maximum absolute atomic E-state index is 12.0. The highest BCUT2D eigenvalue weighted by atomic mass is 35.5. The molecular weight excluding hydrogens is 284 g/mol. The van der Waals surface area contributed by atoms with Crippen molar-refractivity contribution in [1.29, 1.82) is 0 Å². The molecule has 0 aliphatic carbocycles. The standard InChI is InChI=1S/C12H13ClN4OS/c1-8-3-4-9(13)7-10(8)17(19)12(18)14-11-5-6-16(2)15-11/h3-7,19H,1-2H3,(H,14,15,18). The van der Waals surface area contributed by atoms with Crippen LogP contribution in [-0.4, -0.2) is 15.8 Å². The molecule has 0 unspecified atom stereocenters. The van der Waals surface area contributed by atoms with Crippen molar-refractivity contribution in [3.8, 4) is 0 Å². The zero-order valence-electron chi connectivity index (χ0n) is 10.5. The van der Waals surface area contributed by atoms with Crippen molar-refractivity contribution in [2.45, 2.75) is 6.92 Å². The van der Waals surface area contributed by atoms with E-state index in [2.05, 4.69) is 23.2 Å². The van der Waals surface area contributed by atoms with Crippen molar-refractivity contribution in [2.75, 3.05) is 9.62 Å². The van der Waals surface area contributed by atoms with Gasteiger partial charge >= 0.3 is 6.03 Å². The molecule has 5 nitrogen and oxygen atoms in total. The van der Waals surface area contributed by atoms with Crippen LogP contribution in [-0.2, 0) is 7.05 Å². The van der Waals surface area contributed by atoms with Gasteiger partial charge in [-0.15, -0.1) is 0 Å². The molecule has 2 amide bonds. The number of amides is 2. The normalized spacial score (nSPS) is 10.3. The Labute approximate surface area is 121 Å². The van der Waals surface area contributed by atoms with E-state index in [1.54, 1.807) is 36.1 Å². The Balaban J connectivity index is 2.16. The van der Waals surface area contributed by atoms with E-state index >= 15 is 0 Å². The van der Waals surface area contributed by atoms with E-state index in [4.69, 9.17) is 11.6 Å². The van der Waals surface area contributed by atoms with E-state index in [0.717, 1.165) is 5.56 Å². The molecule has 7 heteroatoms. The first-order valence-electron chi connectivity index (χ1n) is 5.53. The van der Waals surface area contributed by atoms with Crippen molar-refractivity contribution in [3.05, 3.63) is 41.0 Å². The van der Waals surface area contributed by atoms with Crippen LogP contribution in [0.4, 0.5) is 16.3 Å². The topological polar surface area (TPSA) is 50.2 Å². The number of anilines is 2. The maximum atomic E-state index is 12.0. The number of nitrogens with zero attached hydrogens (tertiary/aromatic N) is 3. The highest BCUT2D eigenvalue weighted by Crippen LogP contribution is 2.26. The first kappa shape index (κ1) is 13.8. The Morgan fingerprint density at radius 1 is 1.47 bits per heavy atom. The molecule has 1 N–H and O–H groups in total. The minimum Gasteiger partial charge on any atom is -0.290 e. The number of rotatable bonds is 2. The summed E-state index contributed by atoms with van der Waals surface area (Å²) in [6.07, 6.45) is 1.74. The molecule has 0 aliphatic heterocycles. The van der Waals surface area contributed by atoms with Gasteiger partial charge in [-0.05, 0) is 24.6 Å². The van der Waals surface area contributed by atoms with Gasteiger partial charge in [-0.2, -0.15) is 5.10 Å². The van der Waals surface area contributed by atoms with E-state index in [1.165, 1.54) is 4.31 Å². The third kappa shape index (κ3) is 3.21. The second kappa shape index (κ2) is 5.54. The van der Waals surface area contributed by atoms with Crippen LogP contribution < -0.4 is 9.62 Å². The number of hydrogen-bond donors (Lipinski definition) is 2. The van der Waals surface area contributed by atoms with Crippen LogP contribution in [0, 0.1) is 6.92 Å². The summed E-state index contributed by atoms with van der Waals surface area (Å²) in [4.78, 5) is 12.0. The Hall–Kier alpha value is -1.66. The number of carbonyl (C=O) groups excluding carboxylic acids is 1. The van der Waals surface area contributed by atoms with Crippen molar-refractivity contribution >= 4 is 42.0 Å². The molecule has 0 saturated carbocycles. The Kier molecular flexibility index (Phi) is 4.01. The lowest BCUT2D eigenvalue weighted by Gasteiger charge is -2.18. The lowest BCUT2D eigenvalue weighted by molar-refractivity contribution is 0.260. The van der Waals surface area contributed by atoms with Gasteiger partial charge in [-0.3, -0.25) is 10.00 Å². The smallest absolute Gasteiger partial charge is 0.290 e.